The van der Waals surface area contributed by atoms with E-state index in [1.807, 2.05) is 12.1 Å². The van der Waals surface area contributed by atoms with Crippen LogP contribution < -0.4 is 0 Å². The average Bonchev–Trinajstić information content (AvgIpc) is 2.67. The first kappa shape index (κ1) is 22.8. The third-order valence-corrected chi connectivity index (χ3v) is 6.28. The summed E-state index contributed by atoms with van der Waals surface area (Å²) in [4.78, 5) is 0. The molecule has 164 valence electrons. The zero-order valence-electron chi connectivity index (χ0n) is 17.5. The van der Waals surface area contributed by atoms with Gasteiger partial charge in [0.25, 0.3) is 0 Å². The van der Waals surface area contributed by atoms with Crippen molar-refractivity contribution in [3.8, 4) is 11.1 Å². The number of alkyl halides is 3. The highest BCUT2D eigenvalue weighted by atomic mass is 19.4. The van der Waals surface area contributed by atoms with Crippen molar-refractivity contribution in [1.82, 2.24) is 0 Å². The van der Waals surface area contributed by atoms with Crippen LogP contribution in [0.25, 0.3) is 11.1 Å². The van der Waals surface area contributed by atoms with Crippen molar-refractivity contribution in [3.63, 3.8) is 0 Å². The van der Waals surface area contributed by atoms with E-state index in [0.717, 1.165) is 36.8 Å². The van der Waals surface area contributed by atoms with Gasteiger partial charge in [-0.25, -0.2) is 8.78 Å². The lowest BCUT2D eigenvalue weighted by Gasteiger charge is -2.29. The lowest BCUT2D eigenvalue weighted by molar-refractivity contribution is -0.142. The van der Waals surface area contributed by atoms with Crippen LogP contribution in [0.15, 0.2) is 36.4 Å². The van der Waals surface area contributed by atoms with Crippen LogP contribution in [0.2, 0.25) is 0 Å². The van der Waals surface area contributed by atoms with Crippen LogP contribution in [0, 0.1) is 23.5 Å². The Kier molecular flexibility index (Phi) is 7.20. The van der Waals surface area contributed by atoms with Crippen LogP contribution in [-0.2, 0) is 6.18 Å². The van der Waals surface area contributed by atoms with E-state index in [2.05, 4.69) is 13.8 Å². The minimum atomic E-state index is -5.05. The van der Waals surface area contributed by atoms with E-state index in [4.69, 9.17) is 0 Å². The van der Waals surface area contributed by atoms with Gasteiger partial charge in [-0.15, -0.1) is 0 Å². The summed E-state index contributed by atoms with van der Waals surface area (Å²) in [6.45, 7) is 4.52. The highest BCUT2D eigenvalue weighted by molar-refractivity contribution is 5.64. The molecule has 3 rings (SSSR count). The Hall–Kier alpha value is -1.91. The fourth-order valence-corrected chi connectivity index (χ4v) is 4.56. The molecule has 1 aliphatic rings. The van der Waals surface area contributed by atoms with Crippen LogP contribution in [0.4, 0.5) is 22.0 Å². The summed E-state index contributed by atoms with van der Waals surface area (Å²) in [6.07, 6.45) is 3.54. The summed E-state index contributed by atoms with van der Waals surface area (Å²) in [7, 11) is 0. The van der Waals surface area contributed by atoms with Crippen molar-refractivity contribution in [2.75, 3.05) is 0 Å². The van der Waals surface area contributed by atoms with Gasteiger partial charge < -0.3 is 0 Å². The molecule has 0 N–H and O–H groups in total. The number of benzene rings is 2. The van der Waals surface area contributed by atoms with Gasteiger partial charge in [0.1, 0.15) is 17.2 Å². The molecular formula is C25H29F5. The number of hydrogen-bond acceptors (Lipinski definition) is 0. The zero-order valence-corrected chi connectivity index (χ0v) is 17.5. The van der Waals surface area contributed by atoms with Crippen LogP contribution in [0.3, 0.4) is 0 Å². The lowest BCUT2D eigenvalue weighted by atomic mass is 9.76. The van der Waals surface area contributed by atoms with Gasteiger partial charge in [-0.05, 0) is 72.3 Å². The quantitative estimate of drug-likeness (QED) is 0.407. The van der Waals surface area contributed by atoms with E-state index in [1.54, 1.807) is 12.1 Å². The molecule has 0 aromatic heterocycles. The van der Waals surface area contributed by atoms with Gasteiger partial charge in [0, 0.05) is 0 Å². The first-order valence-corrected chi connectivity index (χ1v) is 10.8. The third-order valence-electron chi connectivity index (χ3n) is 6.28. The fourth-order valence-electron chi connectivity index (χ4n) is 4.56. The van der Waals surface area contributed by atoms with Gasteiger partial charge in [-0.3, -0.25) is 0 Å². The number of hydrogen-bond donors (Lipinski definition) is 0. The standard InChI is InChI=1S/C25H29F5/c1-16(2)4-3-5-17-6-8-18(9-7-17)19-10-12-20(13-11-19)21-14-22(26)24(23(27)15-21)25(28,29)30/h10-18H,3-9H2,1-2H3. The molecule has 30 heavy (non-hydrogen) atoms. The van der Waals surface area contributed by atoms with Crippen LogP contribution in [-0.4, -0.2) is 0 Å². The minimum absolute atomic E-state index is 0.110. The second-order valence-electron chi connectivity index (χ2n) is 8.98. The predicted octanol–water partition coefficient (Wildman–Crippen LogP) is 8.75. The molecule has 0 spiro atoms. The number of rotatable bonds is 6. The van der Waals surface area contributed by atoms with E-state index in [1.165, 1.54) is 37.7 Å². The van der Waals surface area contributed by atoms with E-state index in [-0.39, 0.29) is 5.56 Å². The summed E-state index contributed by atoms with van der Waals surface area (Å²) >= 11 is 0. The molecule has 0 radical (unpaired) electrons. The minimum Gasteiger partial charge on any atom is -0.206 e. The molecule has 0 amide bonds. The summed E-state index contributed by atoms with van der Waals surface area (Å²) in [5, 5.41) is 0. The molecule has 1 saturated carbocycles. The second kappa shape index (κ2) is 9.49. The third kappa shape index (κ3) is 5.61. The van der Waals surface area contributed by atoms with Crippen molar-refractivity contribution in [2.24, 2.45) is 11.8 Å². The molecular weight excluding hydrogens is 395 g/mol. The lowest BCUT2D eigenvalue weighted by Crippen LogP contribution is -2.13. The van der Waals surface area contributed by atoms with Crippen LogP contribution in [0.5, 0.6) is 0 Å². The van der Waals surface area contributed by atoms with Gasteiger partial charge >= 0.3 is 6.18 Å². The van der Waals surface area contributed by atoms with Crippen molar-refractivity contribution in [3.05, 3.63) is 59.2 Å². The van der Waals surface area contributed by atoms with Gasteiger partial charge in [-0.2, -0.15) is 13.2 Å². The highest BCUT2D eigenvalue weighted by Gasteiger charge is 2.38. The molecule has 0 nitrogen and oxygen atoms in total. The molecule has 5 heteroatoms. The van der Waals surface area contributed by atoms with Crippen molar-refractivity contribution < 1.29 is 22.0 Å². The van der Waals surface area contributed by atoms with Gasteiger partial charge in [0.05, 0.1) is 0 Å². The van der Waals surface area contributed by atoms with Crippen LogP contribution in [0.1, 0.15) is 75.8 Å². The van der Waals surface area contributed by atoms with E-state index in [0.29, 0.717) is 11.5 Å². The molecule has 0 saturated heterocycles. The summed E-state index contributed by atoms with van der Waals surface area (Å²) in [6, 6.07) is 8.86. The SMILES string of the molecule is CC(C)CCCC1CCC(c2ccc(-c3cc(F)c(C(F)(F)F)c(F)c3)cc2)CC1. The molecule has 0 unspecified atom stereocenters. The van der Waals surface area contributed by atoms with Crippen LogP contribution >= 0.6 is 0 Å². The molecule has 0 bridgehead atoms. The molecule has 0 atom stereocenters. The maximum absolute atomic E-state index is 13.9. The zero-order chi connectivity index (χ0) is 21.9. The Morgan fingerprint density at radius 3 is 1.93 bits per heavy atom. The van der Waals surface area contributed by atoms with Crippen molar-refractivity contribution >= 4 is 0 Å². The highest BCUT2D eigenvalue weighted by Crippen LogP contribution is 2.39. The molecule has 1 fully saturated rings. The normalized spacial score (nSPS) is 20.0. The summed E-state index contributed by atoms with van der Waals surface area (Å²) in [5.74, 6) is -1.14. The van der Waals surface area contributed by atoms with E-state index in [9.17, 15) is 22.0 Å². The Balaban J connectivity index is 1.64. The molecule has 2 aromatic carbocycles. The Bertz CT molecular complexity index is 805. The van der Waals surface area contributed by atoms with Gasteiger partial charge in [0.15, 0.2) is 0 Å². The Labute approximate surface area is 175 Å². The van der Waals surface area contributed by atoms with Crippen molar-refractivity contribution in [1.29, 1.82) is 0 Å². The predicted molar refractivity (Wildman–Crippen MR) is 110 cm³/mol. The number of halogens is 5. The maximum Gasteiger partial charge on any atom is 0.422 e. The van der Waals surface area contributed by atoms with Gasteiger partial charge in [0.2, 0.25) is 0 Å². The maximum atomic E-state index is 13.9. The summed E-state index contributed by atoms with van der Waals surface area (Å²) < 4.78 is 66.0. The first-order valence-electron chi connectivity index (χ1n) is 10.8. The Morgan fingerprint density at radius 2 is 1.43 bits per heavy atom. The monoisotopic (exact) mass is 424 g/mol. The largest absolute Gasteiger partial charge is 0.422 e. The topological polar surface area (TPSA) is 0 Å². The molecule has 2 aromatic rings. The Morgan fingerprint density at radius 1 is 0.867 bits per heavy atom. The summed E-state index contributed by atoms with van der Waals surface area (Å²) in [5.41, 5.74) is -0.0358. The first-order chi connectivity index (χ1) is 14.1. The van der Waals surface area contributed by atoms with Gasteiger partial charge in [-0.1, -0.05) is 57.4 Å². The van der Waals surface area contributed by atoms with Crippen molar-refractivity contribution in [2.45, 2.75) is 70.9 Å². The molecule has 0 heterocycles. The van der Waals surface area contributed by atoms with E-state index < -0.39 is 23.4 Å². The average molecular weight is 424 g/mol. The van der Waals surface area contributed by atoms with E-state index >= 15 is 0 Å². The fraction of sp³-hybridized carbons (Fsp3) is 0.520. The smallest absolute Gasteiger partial charge is 0.206 e. The molecule has 0 aliphatic heterocycles. The molecule has 1 aliphatic carbocycles. The second-order valence-corrected chi connectivity index (χ2v) is 8.98.